The summed E-state index contributed by atoms with van der Waals surface area (Å²) >= 11 is 0. The van der Waals surface area contributed by atoms with Crippen molar-refractivity contribution >= 4 is 17.7 Å². The van der Waals surface area contributed by atoms with Gasteiger partial charge in [0.2, 0.25) is 5.95 Å². The average molecular weight is 379 g/mol. The maximum Gasteiger partial charge on any atom is 0.254 e. The van der Waals surface area contributed by atoms with Crippen LogP contribution in [0.4, 0.5) is 24.9 Å². The van der Waals surface area contributed by atoms with Crippen LogP contribution in [-0.2, 0) is 0 Å². The highest BCUT2D eigenvalue weighted by Gasteiger charge is 2.18. The van der Waals surface area contributed by atoms with Crippen molar-refractivity contribution in [3.05, 3.63) is 46.9 Å². The highest BCUT2D eigenvalue weighted by Crippen LogP contribution is 2.19. The van der Waals surface area contributed by atoms with Crippen LogP contribution >= 0.6 is 0 Å². The van der Waals surface area contributed by atoms with Gasteiger partial charge in [0.25, 0.3) is 5.91 Å². The van der Waals surface area contributed by atoms with Gasteiger partial charge in [0.1, 0.15) is 5.82 Å². The highest BCUT2D eigenvalue weighted by molar-refractivity contribution is 5.94. The van der Waals surface area contributed by atoms with Gasteiger partial charge in [-0.2, -0.15) is 4.98 Å². The van der Waals surface area contributed by atoms with Crippen LogP contribution in [0.5, 0.6) is 0 Å². The van der Waals surface area contributed by atoms with Crippen LogP contribution in [-0.4, -0.2) is 42.1 Å². The summed E-state index contributed by atoms with van der Waals surface area (Å²) in [6.45, 7) is 4.23. The summed E-state index contributed by atoms with van der Waals surface area (Å²) in [4.78, 5) is 22.9. The molecule has 1 fully saturated rings. The molecule has 2 aromatic rings. The van der Waals surface area contributed by atoms with Gasteiger partial charge in [0, 0.05) is 37.9 Å². The second kappa shape index (κ2) is 8.24. The summed E-state index contributed by atoms with van der Waals surface area (Å²) in [6, 6.07) is 3.54. The maximum atomic E-state index is 13.6. The van der Waals surface area contributed by atoms with Crippen LogP contribution in [0.3, 0.4) is 0 Å². The number of aromatic nitrogens is 2. The van der Waals surface area contributed by atoms with Crippen molar-refractivity contribution in [2.45, 2.75) is 19.8 Å². The van der Waals surface area contributed by atoms with Gasteiger partial charge in [-0.25, -0.2) is 18.2 Å². The second-order valence-corrected chi connectivity index (χ2v) is 6.29. The summed E-state index contributed by atoms with van der Waals surface area (Å²) < 4.78 is 39.7. The predicted octanol–water partition coefficient (Wildman–Crippen LogP) is 2.64. The molecule has 0 aliphatic carbocycles. The lowest BCUT2D eigenvalue weighted by Crippen LogP contribution is -2.30. The van der Waals surface area contributed by atoms with Crippen LogP contribution in [0.25, 0.3) is 0 Å². The topological polar surface area (TPSA) is 70.2 Å². The molecule has 2 N–H and O–H groups in total. The third kappa shape index (κ3) is 4.47. The molecule has 1 saturated heterocycles. The monoisotopic (exact) mass is 379 g/mol. The number of hydrogen-bond donors (Lipinski definition) is 2. The second-order valence-electron chi connectivity index (χ2n) is 6.29. The number of carbonyl (C=O) groups is 1. The third-order valence-electron chi connectivity index (χ3n) is 4.24. The lowest BCUT2D eigenvalue weighted by molar-refractivity contribution is 0.0950. The quantitative estimate of drug-likeness (QED) is 0.597. The van der Waals surface area contributed by atoms with Crippen molar-refractivity contribution in [1.82, 2.24) is 15.3 Å². The maximum absolute atomic E-state index is 13.6. The van der Waals surface area contributed by atoms with Crippen molar-refractivity contribution in [3.63, 3.8) is 0 Å². The number of nitrogens with one attached hydrogen (secondary N) is 2. The number of rotatable bonds is 6. The standard InChI is InChI=1S/C18H20F3N5O/c1-11-10-14(26-8-2-3-9-26)25-18(24-11)23-7-6-22-17(27)12-4-5-13(19)16(21)15(12)20/h4-5,10H,2-3,6-9H2,1H3,(H,22,27)(H,23,24,25). The Morgan fingerprint density at radius 2 is 1.85 bits per heavy atom. The van der Waals surface area contributed by atoms with E-state index in [1.165, 1.54) is 0 Å². The van der Waals surface area contributed by atoms with E-state index in [0.29, 0.717) is 18.6 Å². The molecule has 1 aliphatic heterocycles. The molecule has 27 heavy (non-hydrogen) atoms. The molecule has 0 unspecified atom stereocenters. The number of halogens is 3. The Balaban J connectivity index is 1.54. The van der Waals surface area contributed by atoms with Gasteiger partial charge >= 0.3 is 0 Å². The number of carbonyl (C=O) groups excluding carboxylic acids is 1. The summed E-state index contributed by atoms with van der Waals surface area (Å²) in [5, 5.41) is 5.44. The third-order valence-corrected chi connectivity index (χ3v) is 4.24. The Bertz CT molecular complexity index is 840. The Labute approximate surface area is 154 Å². The first-order valence-corrected chi connectivity index (χ1v) is 8.72. The molecule has 1 aromatic heterocycles. The molecular formula is C18H20F3N5O. The summed E-state index contributed by atoms with van der Waals surface area (Å²) in [7, 11) is 0. The summed E-state index contributed by atoms with van der Waals surface area (Å²) in [5.74, 6) is -4.03. The molecule has 1 aromatic carbocycles. The molecule has 0 spiro atoms. The number of benzene rings is 1. The number of anilines is 2. The Hall–Kier alpha value is -2.84. The molecule has 0 radical (unpaired) electrons. The van der Waals surface area contributed by atoms with Gasteiger partial charge in [0.15, 0.2) is 17.5 Å². The fraction of sp³-hybridized carbons (Fsp3) is 0.389. The predicted molar refractivity (Wildman–Crippen MR) is 95.4 cm³/mol. The molecular weight excluding hydrogens is 359 g/mol. The molecule has 1 amide bonds. The number of amides is 1. The fourth-order valence-electron chi connectivity index (χ4n) is 2.89. The first-order valence-electron chi connectivity index (χ1n) is 8.72. The zero-order valence-corrected chi connectivity index (χ0v) is 14.9. The molecule has 1 aliphatic rings. The smallest absolute Gasteiger partial charge is 0.254 e. The van der Waals surface area contributed by atoms with E-state index in [4.69, 9.17) is 0 Å². The minimum atomic E-state index is -1.66. The zero-order chi connectivity index (χ0) is 19.4. The van der Waals surface area contributed by atoms with Crippen LogP contribution in [0.15, 0.2) is 18.2 Å². The van der Waals surface area contributed by atoms with Crippen LogP contribution in [0.1, 0.15) is 28.9 Å². The van der Waals surface area contributed by atoms with E-state index in [9.17, 15) is 18.0 Å². The SMILES string of the molecule is Cc1cc(N2CCCC2)nc(NCCNC(=O)c2ccc(F)c(F)c2F)n1. The van der Waals surface area contributed by atoms with Gasteiger partial charge in [0.05, 0.1) is 5.56 Å². The molecule has 9 heteroatoms. The van der Waals surface area contributed by atoms with Crippen molar-refractivity contribution in [1.29, 1.82) is 0 Å². The lowest BCUT2D eigenvalue weighted by Gasteiger charge is -2.17. The number of nitrogens with zero attached hydrogens (tertiary/aromatic N) is 3. The molecule has 6 nitrogen and oxygen atoms in total. The van der Waals surface area contributed by atoms with Gasteiger partial charge in [-0.05, 0) is 31.9 Å². The van der Waals surface area contributed by atoms with Gasteiger partial charge in [-0.1, -0.05) is 0 Å². The fourth-order valence-corrected chi connectivity index (χ4v) is 2.89. The van der Waals surface area contributed by atoms with Crippen LogP contribution in [0, 0.1) is 24.4 Å². The first-order chi connectivity index (χ1) is 13.0. The minimum absolute atomic E-state index is 0.133. The zero-order valence-electron chi connectivity index (χ0n) is 14.9. The molecule has 2 heterocycles. The van der Waals surface area contributed by atoms with Gasteiger partial charge in [-0.15, -0.1) is 0 Å². The van der Waals surface area contributed by atoms with E-state index in [2.05, 4.69) is 25.5 Å². The van der Waals surface area contributed by atoms with E-state index in [1.807, 2.05) is 13.0 Å². The summed E-state index contributed by atoms with van der Waals surface area (Å²) in [5.41, 5.74) is 0.277. The minimum Gasteiger partial charge on any atom is -0.356 e. The molecule has 0 bridgehead atoms. The molecule has 0 saturated carbocycles. The first kappa shape index (κ1) is 18.9. The van der Waals surface area contributed by atoms with Crippen LogP contribution in [0.2, 0.25) is 0 Å². The lowest BCUT2D eigenvalue weighted by atomic mass is 10.2. The Morgan fingerprint density at radius 1 is 1.11 bits per heavy atom. The Kier molecular flexibility index (Phi) is 5.78. The molecule has 0 atom stereocenters. The van der Waals surface area contributed by atoms with E-state index in [1.54, 1.807) is 0 Å². The van der Waals surface area contributed by atoms with Crippen molar-refractivity contribution in [3.8, 4) is 0 Å². The summed E-state index contributed by atoms with van der Waals surface area (Å²) in [6.07, 6.45) is 2.27. The molecule has 3 rings (SSSR count). The number of aryl methyl sites for hydroxylation is 1. The average Bonchev–Trinajstić information content (AvgIpc) is 3.17. The Morgan fingerprint density at radius 3 is 2.59 bits per heavy atom. The van der Waals surface area contributed by atoms with E-state index in [0.717, 1.165) is 43.5 Å². The number of hydrogen-bond acceptors (Lipinski definition) is 5. The largest absolute Gasteiger partial charge is 0.356 e. The van der Waals surface area contributed by atoms with Gasteiger partial charge < -0.3 is 15.5 Å². The van der Waals surface area contributed by atoms with Crippen molar-refractivity contribution in [2.24, 2.45) is 0 Å². The van der Waals surface area contributed by atoms with Crippen LogP contribution < -0.4 is 15.5 Å². The van der Waals surface area contributed by atoms with E-state index < -0.39 is 28.9 Å². The van der Waals surface area contributed by atoms with Gasteiger partial charge in [-0.3, -0.25) is 4.79 Å². The van der Waals surface area contributed by atoms with Crippen molar-refractivity contribution < 1.29 is 18.0 Å². The highest BCUT2D eigenvalue weighted by atomic mass is 19.2. The normalized spacial score (nSPS) is 13.7. The molecule has 144 valence electrons. The van der Waals surface area contributed by atoms with E-state index >= 15 is 0 Å². The van der Waals surface area contributed by atoms with E-state index in [-0.39, 0.29) is 6.54 Å². The van der Waals surface area contributed by atoms with Crippen molar-refractivity contribution in [2.75, 3.05) is 36.4 Å².